The molecule has 3 heteroatoms. The summed E-state index contributed by atoms with van der Waals surface area (Å²) in [6.45, 7) is 0.603. The minimum absolute atomic E-state index is 0.124. The molecule has 0 amide bonds. The van der Waals surface area contributed by atoms with Crippen LogP contribution >= 0.6 is 0 Å². The Hall–Kier alpha value is -1.79. The van der Waals surface area contributed by atoms with Gasteiger partial charge in [0.25, 0.3) is 0 Å². The third-order valence-electron chi connectivity index (χ3n) is 1.83. The number of carboxylic acids is 1. The number of hydrogen-bond donors (Lipinski definition) is 2. The van der Waals surface area contributed by atoms with Crippen molar-refractivity contribution in [3.63, 3.8) is 0 Å². The second-order valence-corrected chi connectivity index (χ2v) is 3.11. The molecule has 78 valence electrons. The number of aliphatic carboxylic acids is 1. The molecule has 0 aromatic heterocycles. The lowest BCUT2D eigenvalue weighted by Gasteiger charge is -1.98. The Balaban J connectivity index is 2.71. The molecule has 0 spiro atoms. The van der Waals surface area contributed by atoms with Gasteiger partial charge in [0, 0.05) is 5.56 Å². The van der Waals surface area contributed by atoms with Crippen molar-refractivity contribution in [1.82, 2.24) is 0 Å². The maximum atomic E-state index is 10.2. The summed E-state index contributed by atoms with van der Waals surface area (Å²) in [5.74, 6) is 4.49. The zero-order valence-electron chi connectivity index (χ0n) is 8.36. The van der Waals surface area contributed by atoms with Crippen molar-refractivity contribution in [2.45, 2.75) is 12.8 Å². The Morgan fingerprint density at radius 3 is 2.93 bits per heavy atom. The summed E-state index contributed by atoms with van der Waals surface area (Å²) in [7, 11) is 0. The van der Waals surface area contributed by atoms with Crippen molar-refractivity contribution in [2.24, 2.45) is 5.73 Å². The monoisotopic (exact) mass is 203 g/mol. The van der Waals surface area contributed by atoms with Crippen molar-refractivity contribution < 1.29 is 9.90 Å². The molecule has 0 bridgehead atoms. The lowest BCUT2D eigenvalue weighted by molar-refractivity contribution is -0.135. The third-order valence-corrected chi connectivity index (χ3v) is 1.83. The van der Waals surface area contributed by atoms with Crippen LogP contribution in [0.2, 0.25) is 0 Å². The molecule has 0 aliphatic heterocycles. The number of hydrogen-bond acceptors (Lipinski definition) is 2. The van der Waals surface area contributed by atoms with E-state index in [1.165, 1.54) is 0 Å². The maximum Gasteiger partial charge on any atom is 0.315 e. The van der Waals surface area contributed by atoms with E-state index in [9.17, 15) is 4.79 Å². The summed E-state index contributed by atoms with van der Waals surface area (Å²) in [6.07, 6.45) is 0.690. The van der Waals surface area contributed by atoms with Crippen LogP contribution in [-0.4, -0.2) is 17.6 Å². The molecule has 0 saturated heterocycles. The van der Waals surface area contributed by atoms with Crippen molar-refractivity contribution >= 4 is 5.97 Å². The Bertz CT molecular complexity index is 402. The van der Waals surface area contributed by atoms with Crippen LogP contribution in [0, 0.1) is 11.8 Å². The smallest absolute Gasteiger partial charge is 0.315 e. The minimum Gasteiger partial charge on any atom is -0.481 e. The van der Waals surface area contributed by atoms with Crippen molar-refractivity contribution in [3.8, 4) is 11.8 Å². The Morgan fingerprint density at radius 1 is 1.47 bits per heavy atom. The summed E-state index contributed by atoms with van der Waals surface area (Å²) >= 11 is 0. The van der Waals surface area contributed by atoms with E-state index in [1.54, 1.807) is 0 Å². The van der Waals surface area contributed by atoms with Crippen LogP contribution in [0.5, 0.6) is 0 Å². The van der Waals surface area contributed by atoms with E-state index < -0.39 is 5.97 Å². The predicted molar refractivity (Wildman–Crippen MR) is 58.3 cm³/mol. The molecule has 0 unspecified atom stereocenters. The zero-order chi connectivity index (χ0) is 11.1. The van der Waals surface area contributed by atoms with E-state index >= 15 is 0 Å². The standard InChI is InChI=1S/C12H13NO2/c13-8-7-11-4-1-3-10(9-11)5-2-6-12(14)15/h1,3-4,9H,6-8,13H2,(H,14,15). The lowest BCUT2D eigenvalue weighted by atomic mass is 10.1. The first kappa shape index (κ1) is 11.3. The van der Waals surface area contributed by atoms with Crippen molar-refractivity contribution in [2.75, 3.05) is 6.54 Å². The van der Waals surface area contributed by atoms with Crippen LogP contribution in [0.15, 0.2) is 24.3 Å². The summed E-state index contributed by atoms with van der Waals surface area (Å²) in [5, 5.41) is 8.41. The molecule has 0 radical (unpaired) electrons. The van der Waals surface area contributed by atoms with Gasteiger partial charge in [-0.1, -0.05) is 24.0 Å². The van der Waals surface area contributed by atoms with E-state index in [0.717, 1.165) is 17.5 Å². The van der Waals surface area contributed by atoms with Gasteiger partial charge < -0.3 is 10.8 Å². The Labute approximate surface area is 88.9 Å². The van der Waals surface area contributed by atoms with Gasteiger partial charge in [0.05, 0.1) is 0 Å². The molecule has 1 rings (SSSR count). The first-order valence-electron chi connectivity index (χ1n) is 4.72. The second kappa shape index (κ2) is 5.84. The van der Waals surface area contributed by atoms with Crippen LogP contribution in [0.25, 0.3) is 0 Å². The Kier molecular flexibility index (Phi) is 4.39. The van der Waals surface area contributed by atoms with E-state index in [0.29, 0.717) is 6.54 Å². The topological polar surface area (TPSA) is 63.3 Å². The summed E-state index contributed by atoms with van der Waals surface area (Å²) in [4.78, 5) is 10.2. The molecular formula is C12H13NO2. The van der Waals surface area contributed by atoms with Gasteiger partial charge in [0.2, 0.25) is 0 Å². The molecule has 0 fully saturated rings. The van der Waals surface area contributed by atoms with Crippen LogP contribution < -0.4 is 5.73 Å². The highest BCUT2D eigenvalue weighted by Gasteiger charge is 1.93. The van der Waals surface area contributed by atoms with E-state index in [1.807, 2.05) is 24.3 Å². The van der Waals surface area contributed by atoms with Gasteiger partial charge in [-0.25, -0.2) is 0 Å². The van der Waals surface area contributed by atoms with Gasteiger partial charge in [0.1, 0.15) is 6.42 Å². The van der Waals surface area contributed by atoms with Crippen LogP contribution in [0.3, 0.4) is 0 Å². The second-order valence-electron chi connectivity index (χ2n) is 3.11. The van der Waals surface area contributed by atoms with Gasteiger partial charge in [-0.05, 0) is 30.7 Å². The van der Waals surface area contributed by atoms with E-state index in [-0.39, 0.29) is 6.42 Å². The number of carboxylic acid groups (broad SMARTS) is 1. The molecule has 15 heavy (non-hydrogen) atoms. The van der Waals surface area contributed by atoms with Crippen molar-refractivity contribution in [1.29, 1.82) is 0 Å². The Morgan fingerprint density at radius 2 is 2.27 bits per heavy atom. The number of rotatable bonds is 3. The zero-order valence-corrected chi connectivity index (χ0v) is 8.36. The summed E-state index contributed by atoms with van der Waals surface area (Å²) in [6, 6.07) is 7.67. The largest absolute Gasteiger partial charge is 0.481 e. The first-order chi connectivity index (χ1) is 7.22. The quantitative estimate of drug-likeness (QED) is 0.721. The van der Waals surface area contributed by atoms with Crippen LogP contribution in [0.1, 0.15) is 17.5 Å². The van der Waals surface area contributed by atoms with Gasteiger partial charge in [-0.3, -0.25) is 4.79 Å². The minimum atomic E-state index is -0.902. The molecular weight excluding hydrogens is 190 g/mol. The van der Waals surface area contributed by atoms with Crippen molar-refractivity contribution in [3.05, 3.63) is 35.4 Å². The van der Waals surface area contributed by atoms with Gasteiger partial charge >= 0.3 is 5.97 Å². The highest BCUT2D eigenvalue weighted by Crippen LogP contribution is 2.04. The first-order valence-corrected chi connectivity index (χ1v) is 4.72. The summed E-state index contributed by atoms with van der Waals surface area (Å²) in [5.41, 5.74) is 7.40. The third kappa shape index (κ3) is 4.30. The molecule has 0 atom stereocenters. The molecule has 1 aromatic rings. The van der Waals surface area contributed by atoms with Gasteiger partial charge in [-0.15, -0.1) is 0 Å². The number of carbonyl (C=O) groups is 1. The average molecular weight is 203 g/mol. The fraction of sp³-hybridized carbons (Fsp3) is 0.250. The van der Waals surface area contributed by atoms with Gasteiger partial charge in [-0.2, -0.15) is 0 Å². The molecule has 0 heterocycles. The highest BCUT2D eigenvalue weighted by molar-refractivity contribution is 5.70. The van der Waals surface area contributed by atoms with E-state index in [4.69, 9.17) is 10.8 Å². The number of benzene rings is 1. The maximum absolute atomic E-state index is 10.2. The number of nitrogens with two attached hydrogens (primary N) is 1. The molecule has 0 saturated carbocycles. The highest BCUT2D eigenvalue weighted by atomic mass is 16.4. The lowest BCUT2D eigenvalue weighted by Crippen LogP contribution is -2.02. The molecule has 3 N–H and O–H groups in total. The molecule has 3 nitrogen and oxygen atoms in total. The van der Waals surface area contributed by atoms with Crippen LogP contribution in [-0.2, 0) is 11.2 Å². The van der Waals surface area contributed by atoms with Gasteiger partial charge in [0.15, 0.2) is 0 Å². The normalized spacial score (nSPS) is 9.13. The fourth-order valence-corrected chi connectivity index (χ4v) is 1.19. The average Bonchev–Trinajstić information content (AvgIpc) is 2.18. The molecule has 0 aliphatic carbocycles. The fourth-order valence-electron chi connectivity index (χ4n) is 1.19. The molecule has 0 aliphatic rings. The predicted octanol–water partition coefficient (Wildman–Crippen LogP) is 1.01. The SMILES string of the molecule is NCCc1cccc(C#CCC(=O)O)c1. The summed E-state index contributed by atoms with van der Waals surface area (Å²) < 4.78 is 0. The van der Waals surface area contributed by atoms with Crippen LogP contribution in [0.4, 0.5) is 0 Å². The van der Waals surface area contributed by atoms with E-state index in [2.05, 4.69) is 11.8 Å². The molecule has 1 aromatic carbocycles.